The van der Waals surface area contributed by atoms with Crippen LogP contribution in [0.2, 0.25) is 0 Å². The van der Waals surface area contributed by atoms with Crippen LogP contribution >= 0.6 is 0 Å². The largest absolute Gasteiger partial charge is 0.399 e. The van der Waals surface area contributed by atoms with Crippen molar-refractivity contribution in [1.82, 2.24) is 9.97 Å². The third-order valence-corrected chi connectivity index (χ3v) is 3.04. The third-order valence-electron chi connectivity index (χ3n) is 3.04. The maximum absolute atomic E-state index is 13.6. The molecule has 3 N–H and O–H groups in total. The Morgan fingerprint density at radius 2 is 2.05 bits per heavy atom. The van der Waals surface area contributed by atoms with Gasteiger partial charge in [-0.2, -0.15) is 5.26 Å². The number of nitrogen functional groups attached to an aromatic ring is 1. The molecular weight excluding hydrogens is 269 g/mol. The normalized spacial score (nSPS) is 10.3. The lowest BCUT2D eigenvalue weighted by molar-refractivity contribution is 0.624. The maximum atomic E-state index is 13.6. The molecule has 0 atom stereocenters. The molecule has 0 saturated carbocycles. The van der Waals surface area contributed by atoms with E-state index >= 15 is 0 Å². The Labute approximate surface area is 119 Å². The fraction of sp³-hybridized carbons (Fsp3) is 0. The van der Waals surface area contributed by atoms with Crippen LogP contribution in [0, 0.1) is 17.1 Å². The van der Waals surface area contributed by atoms with Crippen molar-refractivity contribution in [2.24, 2.45) is 0 Å². The Balaban J connectivity index is 2.13. The first-order chi connectivity index (χ1) is 10.2. The zero-order chi connectivity index (χ0) is 14.8. The second kappa shape index (κ2) is 5.06. The summed E-state index contributed by atoms with van der Waals surface area (Å²) < 4.78 is 13.6. The van der Waals surface area contributed by atoms with Gasteiger partial charge in [0.15, 0.2) is 0 Å². The van der Waals surface area contributed by atoms with Gasteiger partial charge in [-0.1, -0.05) is 6.07 Å². The number of aromatic nitrogens is 2. The minimum atomic E-state index is -0.583. The highest BCUT2D eigenvalue weighted by Crippen LogP contribution is 2.27. The van der Waals surface area contributed by atoms with E-state index in [-0.39, 0.29) is 5.56 Å². The zero-order valence-electron chi connectivity index (χ0n) is 10.8. The molecule has 0 unspecified atom stereocenters. The molecule has 0 bridgehead atoms. The lowest BCUT2D eigenvalue weighted by Gasteiger charge is -2.10. The highest BCUT2D eigenvalue weighted by molar-refractivity contribution is 5.93. The number of rotatable bonds is 2. The van der Waals surface area contributed by atoms with E-state index < -0.39 is 5.82 Å². The van der Waals surface area contributed by atoms with E-state index in [2.05, 4.69) is 15.3 Å². The van der Waals surface area contributed by atoms with Gasteiger partial charge in [0.25, 0.3) is 0 Å². The molecule has 0 radical (unpaired) electrons. The van der Waals surface area contributed by atoms with Crippen LogP contribution in [0.1, 0.15) is 5.56 Å². The van der Waals surface area contributed by atoms with E-state index in [1.165, 1.54) is 18.5 Å². The molecule has 5 nitrogen and oxygen atoms in total. The Bertz CT molecular complexity index is 870. The van der Waals surface area contributed by atoms with E-state index in [0.29, 0.717) is 28.1 Å². The summed E-state index contributed by atoms with van der Waals surface area (Å²) in [5.74, 6) is -0.116. The van der Waals surface area contributed by atoms with Gasteiger partial charge >= 0.3 is 0 Å². The van der Waals surface area contributed by atoms with Crippen molar-refractivity contribution in [3.8, 4) is 6.07 Å². The van der Waals surface area contributed by atoms with Crippen molar-refractivity contribution in [1.29, 1.82) is 5.26 Å². The van der Waals surface area contributed by atoms with Gasteiger partial charge in [-0.3, -0.25) is 0 Å². The number of benzene rings is 2. The molecule has 0 saturated heterocycles. The standard InChI is InChI=1S/C15H10FN5/c16-12-2-1-3-14(11(12)7-17)21-15-10-6-9(18)4-5-13(10)19-8-20-15/h1-6,8H,18H2,(H,19,20,21). The topological polar surface area (TPSA) is 87.6 Å². The molecule has 6 heteroatoms. The van der Waals surface area contributed by atoms with Gasteiger partial charge in [0.2, 0.25) is 0 Å². The summed E-state index contributed by atoms with van der Waals surface area (Å²) in [7, 11) is 0. The minimum absolute atomic E-state index is 0.0619. The number of hydrogen-bond donors (Lipinski definition) is 2. The molecule has 3 rings (SSSR count). The molecular formula is C15H10FN5. The lowest BCUT2D eigenvalue weighted by Crippen LogP contribution is -2.00. The monoisotopic (exact) mass is 279 g/mol. The summed E-state index contributed by atoms with van der Waals surface area (Å²) in [5.41, 5.74) is 7.33. The van der Waals surface area contributed by atoms with E-state index in [0.717, 1.165) is 0 Å². The predicted molar refractivity (Wildman–Crippen MR) is 78.3 cm³/mol. The highest BCUT2D eigenvalue weighted by atomic mass is 19.1. The van der Waals surface area contributed by atoms with Crippen LogP contribution in [0.4, 0.5) is 21.6 Å². The van der Waals surface area contributed by atoms with E-state index in [4.69, 9.17) is 11.0 Å². The maximum Gasteiger partial charge on any atom is 0.143 e. The summed E-state index contributed by atoms with van der Waals surface area (Å²) in [6, 6.07) is 11.4. The number of nitriles is 1. The van der Waals surface area contributed by atoms with Gasteiger partial charge in [-0.15, -0.1) is 0 Å². The number of nitrogens with zero attached hydrogens (tertiary/aromatic N) is 3. The van der Waals surface area contributed by atoms with E-state index in [1.807, 2.05) is 6.07 Å². The second-order valence-corrected chi connectivity index (χ2v) is 4.40. The van der Waals surface area contributed by atoms with Gasteiger partial charge in [-0.25, -0.2) is 14.4 Å². The average molecular weight is 279 g/mol. The lowest BCUT2D eigenvalue weighted by atomic mass is 10.1. The molecule has 0 aliphatic heterocycles. The second-order valence-electron chi connectivity index (χ2n) is 4.40. The quantitative estimate of drug-likeness (QED) is 0.704. The molecule has 0 spiro atoms. The zero-order valence-corrected chi connectivity index (χ0v) is 10.8. The number of fused-ring (bicyclic) bond motifs is 1. The molecule has 0 aliphatic carbocycles. The first-order valence-electron chi connectivity index (χ1n) is 6.15. The number of nitrogens with one attached hydrogen (secondary N) is 1. The van der Waals surface area contributed by atoms with Crippen molar-refractivity contribution in [3.05, 3.63) is 54.1 Å². The summed E-state index contributed by atoms with van der Waals surface area (Å²) in [5, 5.41) is 12.7. The van der Waals surface area contributed by atoms with Gasteiger partial charge in [-0.05, 0) is 30.3 Å². The summed E-state index contributed by atoms with van der Waals surface area (Å²) in [6.07, 6.45) is 1.40. The van der Waals surface area contributed by atoms with Crippen molar-refractivity contribution in [2.45, 2.75) is 0 Å². The van der Waals surface area contributed by atoms with Crippen molar-refractivity contribution >= 4 is 28.1 Å². The van der Waals surface area contributed by atoms with Gasteiger partial charge in [0, 0.05) is 11.1 Å². The molecule has 1 heterocycles. The van der Waals surface area contributed by atoms with Crippen LogP contribution in [0.5, 0.6) is 0 Å². The average Bonchev–Trinajstić information content (AvgIpc) is 2.48. The Morgan fingerprint density at radius 3 is 2.86 bits per heavy atom. The fourth-order valence-electron chi connectivity index (χ4n) is 2.04. The first kappa shape index (κ1) is 12.8. The number of nitrogens with two attached hydrogens (primary N) is 1. The fourth-order valence-corrected chi connectivity index (χ4v) is 2.04. The minimum Gasteiger partial charge on any atom is -0.399 e. The van der Waals surface area contributed by atoms with Crippen LogP contribution in [0.25, 0.3) is 10.9 Å². The smallest absolute Gasteiger partial charge is 0.143 e. The van der Waals surface area contributed by atoms with Crippen molar-refractivity contribution in [2.75, 3.05) is 11.1 Å². The summed E-state index contributed by atoms with van der Waals surface area (Å²) in [4.78, 5) is 8.28. The highest BCUT2D eigenvalue weighted by Gasteiger charge is 2.10. The molecule has 102 valence electrons. The third kappa shape index (κ3) is 2.32. The van der Waals surface area contributed by atoms with Crippen molar-refractivity contribution < 1.29 is 4.39 Å². The van der Waals surface area contributed by atoms with Crippen LogP contribution in [0.3, 0.4) is 0 Å². The van der Waals surface area contributed by atoms with Gasteiger partial charge in [0.1, 0.15) is 29.6 Å². The molecule has 0 amide bonds. The van der Waals surface area contributed by atoms with Crippen molar-refractivity contribution in [3.63, 3.8) is 0 Å². The summed E-state index contributed by atoms with van der Waals surface area (Å²) >= 11 is 0. The predicted octanol–water partition coefficient (Wildman–Crippen LogP) is 2.97. The summed E-state index contributed by atoms with van der Waals surface area (Å²) in [6.45, 7) is 0. The first-order valence-corrected chi connectivity index (χ1v) is 6.15. The van der Waals surface area contributed by atoms with E-state index in [1.54, 1.807) is 24.3 Å². The Morgan fingerprint density at radius 1 is 1.19 bits per heavy atom. The molecule has 2 aromatic carbocycles. The van der Waals surface area contributed by atoms with Crippen LogP contribution in [-0.2, 0) is 0 Å². The molecule has 0 fully saturated rings. The van der Waals surface area contributed by atoms with Crippen LogP contribution in [-0.4, -0.2) is 9.97 Å². The number of anilines is 3. The number of hydrogen-bond acceptors (Lipinski definition) is 5. The number of halogens is 1. The van der Waals surface area contributed by atoms with Gasteiger partial charge < -0.3 is 11.1 Å². The van der Waals surface area contributed by atoms with E-state index in [9.17, 15) is 4.39 Å². The Hall–Kier alpha value is -3.20. The molecule has 3 aromatic rings. The SMILES string of the molecule is N#Cc1c(F)cccc1Nc1ncnc2ccc(N)cc12. The molecule has 0 aliphatic rings. The van der Waals surface area contributed by atoms with Crippen LogP contribution < -0.4 is 11.1 Å². The molecule has 21 heavy (non-hydrogen) atoms. The molecule has 1 aromatic heterocycles. The van der Waals surface area contributed by atoms with Crippen LogP contribution in [0.15, 0.2) is 42.7 Å². The Kier molecular flexibility index (Phi) is 3.09. The van der Waals surface area contributed by atoms with Gasteiger partial charge in [0.05, 0.1) is 11.2 Å².